The molecule has 2 aromatic carbocycles. The zero-order chi connectivity index (χ0) is 15.9. The zero-order valence-electron chi connectivity index (χ0n) is 11.7. The number of amides is 3. The van der Waals surface area contributed by atoms with Gasteiger partial charge in [0.1, 0.15) is 5.75 Å². The van der Waals surface area contributed by atoms with Crippen molar-refractivity contribution < 1.29 is 19.5 Å². The van der Waals surface area contributed by atoms with E-state index in [-0.39, 0.29) is 22.8 Å². The first-order chi connectivity index (χ1) is 10.5. The molecular weight excluding hydrogens is 284 g/mol. The van der Waals surface area contributed by atoms with Crippen molar-refractivity contribution in [3.8, 4) is 5.75 Å². The smallest absolute Gasteiger partial charge is 0.261 e. The molecule has 3 amide bonds. The van der Waals surface area contributed by atoms with Crippen molar-refractivity contribution in [3.05, 3.63) is 59.2 Å². The SMILES string of the molecule is CN1C(=O)c2ccc(C(=O)Nc3cccc(O)c3)cc2C1=O. The molecule has 0 aromatic heterocycles. The standard InChI is InChI=1S/C16H12N2O4/c1-18-15(21)12-6-5-9(7-13(12)16(18)22)14(20)17-10-3-2-4-11(19)8-10/h2-8,19H,1H3,(H,17,20). The molecule has 1 aliphatic heterocycles. The first-order valence-electron chi connectivity index (χ1n) is 6.54. The summed E-state index contributed by atoms with van der Waals surface area (Å²) in [7, 11) is 1.40. The Kier molecular flexibility index (Phi) is 3.14. The Morgan fingerprint density at radius 2 is 1.77 bits per heavy atom. The molecule has 2 N–H and O–H groups in total. The Morgan fingerprint density at radius 1 is 1.05 bits per heavy atom. The molecule has 0 unspecified atom stereocenters. The molecule has 0 saturated carbocycles. The third-order valence-electron chi connectivity index (χ3n) is 3.46. The van der Waals surface area contributed by atoms with Crippen LogP contribution in [0.4, 0.5) is 5.69 Å². The maximum absolute atomic E-state index is 12.2. The van der Waals surface area contributed by atoms with Crippen LogP contribution in [-0.4, -0.2) is 34.8 Å². The summed E-state index contributed by atoms with van der Waals surface area (Å²) in [6.45, 7) is 0. The summed E-state index contributed by atoms with van der Waals surface area (Å²) in [5, 5.41) is 12.0. The normalized spacial score (nSPS) is 13.2. The summed E-state index contributed by atoms with van der Waals surface area (Å²) in [4.78, 5) is 36.9. The molecule has 22 heavy (non-hydrogen) atoms. The molecule has 0 atom stereocenters. The quantitative estimate of drug-likeness (QED) is 0.828. The van der Waals surface area contributed by atoms with E-state index in [1.807, 2.05) is 0 Å². The topological polar surface area (TPSA) is 86.7 Å². The number of aromatic hydroxyl groups is 1. The van der Waals surface area contributed by atoms with Crippen LogP contribution in [0.2, 0.25) is 0 Å². The van der Waals surface area contributed by atoms with Crippen LogP contribution in [0.25, 0.3) is 0 Å². The number of anilines is 1. The van der Waals surface area contributed by atoms with Crippen LogP contribution in [0.1, 0.15) is 31.1 Å². The number of hydrogen-bond donors (Lipinski definition) is 2. The lowest BCUT2D eigenvalue weighted by molar-refractivity contribution is 0.0693. The third kappa shape index (κ3) is 2.20. The van der Waals surface area contributed by atoms with Crippen molar-refractivity contribution in [3.63, 3.8) is 0 Å². The third-order valence-corrected chi connectivity index (χ3v) is 3.46. The number of imide groups is 1. The minimum atomic E-state index is -0.428. The number of hydrogen-bond acceptors (Lipinski definition) is 4. The lowest BCUT2D eigenvalue weighted by Crippen LogP contribution is -2.24. The van der Waals surface area contributed by atoms with E-state index in [4.69, 9.17) is 0 Å². The molecule has 3 rings (SSSR count). The largest absolute Gasteiger partial charge is 0.508 e. The number of rotatable bonds is 2. The first kappa shape index (κ1) is 13.8. The molecule has 110 valence electrons. The van der Waals surface area contributed by atoms with E-state index in [9.17, 15) is 19.5 Å². The monoisotopic (exact) mass is 296 g/mol. The predicted octanol–water partition coefficient (Wildman–Crippen LogP) is 1.87. The van der Waals surface area contributed by atoms with Crippen molar-refractivity contribution in [2.24, 2.45) is 0 Å². The number of phenols is 1. The van der Waals surface area contributed by atoms with E-state index in [1.54, 1.807) is 12.1 Å². The van der Waals surface area contributed by atoms with Crippen LogP contribution < -0.4 is 5.32 Å². The van der Waals surface area contributed by atoms with Gasteiger partial charge in [0.25, 0.3) is 17.7 Å². The van der Waals surface area contributed by atoms with E-state index >= 15 is 0 Å². The number of nitrogens with one attached hydrogen (secondary N) is 1. The second-order valence-electron chi connectivity index (χ2n) is 4.93. The number of carbonyl (C=O) groups is 3. The Morgan fingerprint density at radius 3 is 2.50 bits per heavy atom. The summed E-state index contributed by atoms with van der Waals surface area (Å²) in [6, 6.07) is 10.5. The average Bonchev–Trinajstić information content (AvgIpc) is 2.72. The lowest BCUT2D eigenvalue weighted by Gasteiger charge is -2.06. The second-order valence-corrected chi connectivity index (χ2v) is 4.93. The maximum atomic E-state index is 12.2. The van der Waals surface area contributed by atoms with Crippen molar-refractivity contribution in [2.75, 3.05) is 12.4 Å². The highest BCUT2D eigenvalue weighted by atomic mass is 16.3. The fraction of sp³-hybridized carbons (Fsp3) is 0.0625. The van der Waals surface area contributed by atoms with Gasteiger partial charge >= 0.3 is 0 Å². The van der Waals surface area contributed by atoms with Gasteiger partial charge in [-0.3, -0.25) is 19.3 Å². The number of fused-ring (bicyclic) bond motifs is 1. The van der Waals surface area contributed by atoms with Crippen molar-refractivity contribution in [1.82, 2.24) is 4.90 Å². The zero-order valence-corrected chi connectivity index (χ0v) is 11.7. The molecule has 0 bridgehead atoms. The van der Waals surface area contributed by atoms with Gasteiger partial charge < -0.3 is 10.4 Å². The molecule has 6 heteroatoms. The van der Waals surface area contributed by atoms with Gasteiger partial charge in [0.05, 0.1) is 11.1 Å². The van der Waals surface area contributed by atoms with Crippen LogP contribution in [0.3, 0.4) is 0 Å². The molecule has 2 aromatic rings. The van der Waals surface area contributed by atoms with Crippen LogP contribution >= 0.6 is 0 Å². The number of carbonyl (C=O) groups excluding carboxylic acids is 3. The van der Waals surface area contributed by atoms with Gasteiger partial charge in [0.2, 0.25) is 0 Å². The van der Waals surface area contributed by atoms with Crippen molar-refractivity contribution in [1.29, 1.82) is 0 Å². The van der Waals surface area contributed by atoms with Gasteiger partial charge in [-0.1, -0.05) is 6.07 Å². The van der Waals surface area contributed by atoms with Gasteiger partial charge in [-0.2, -0.15) is 0 Å². The van der Waals surface area contributed by atoms with E-state index in [1.165, 1.54) is 37.4 Å². The summed E-state index contributed by atoms with van der Waals surface area (Å²) >= 11 is 0. The van der Waals surface area contributed by atoms with Gasteiger partial charge in [-0.15, -0.1) is 0 Å². The van der Waals surface area contributed by atoms with Gasteiger partial charge in [-0.25, -0.2) is 0 Å². The Bertz CT molecular complexity index is 814. The van der Waals surface area contributed by atoms with Crippen molar-refractivity contribution in [2.45, 2.75) is 0 Å². The minimum absolute atomic E-state index is 0.0363. The Balaban J connectivity index is 1.89. The van der Waals surface area contributed by atoms with Crippen LogP contribution in [0.15, 0.2) is 42.5 Å². The highest BCUT2D eigenvalue weighted by Crippen LogP contribution is 2.23. The van der Waals surface area contributed by atoms with Crippen LogP contribution in [-0.2, 0) is 0 Å². The molecule has 1 aliphatic rings. The number of phenolic OH excluding ortho intramolecular Hbond substituents is 1. The highest BCUT2D eigenvalue weighted by Gasteiger charge is 2.33. The minimum Gasteiger partial charge on any atom is -0.508 e. The molecular formula is C16H12N2O4. The van der Waals surface area contributed by atoms with Crippen LogP contribution in [0, 0.1) is 0 Å². The fourth-order valence-electron chi connectivity index (χ4n) is 2.29. The molecule has 0 saturated heterocycles. The molecule has 0 radical (unpaired) electrons. The second kappa shape index (κ2) is 5.00. The number of nitrogens with zero attached hydrogens (tertiary/aromatic N) is 1. The molecule has 6 nitrogen and oxygen atoms in total. The summed E-state index contributed by atoms with van der Waals surface area (Å²) in [5.41, 5.74) is 1.21. The lowest BCUT2D eigenvalue weighted by atomic mass is 10.1. The molecule has 0 aliphatic carbocycles. The van der Waals surface area contributed by atoms with E-state index < -0.39 is 11.8 Å². The number of benzene rings is 2. The molecule has 0 spiro atoms. The average molecular weight is 296 g/mol. The van der Waals surface area contributed by atoms with Gasteiger partial charge in [-0.05, 0) is 30.3 Å². The van der Waals surface area contributed by atoms with Crippen molar-refractivity contribution >= 4 is 23.4 Å². The first-order valence-corrected chi connectivity index (χ1v) is 6.54. The van der Waals surface area contributed by atoms with Gasteiger partial charge in [0.15, 0.2) is 0 Å². The summed E-state index contributed by atoms with van der Waals surface area (Å²) in [5.74, 6) is -1.19. The van der Waals surface area contributed by atoms with Crippen LogP contribution in [0.5, 0.6) is 5.75 Å². The predicted molar refractivity (Wildman–Crippen MR) is 78.9 cm³/mol. The maximum Gasteiger partial charge on any atom is 0.261 e. The Hall–Kier alpha value is -3.15. The summed E-state index contributed by atoms with van der Waals surface area (Å²) < 4.78 is 0. The van der Waals surface area contributed by atoms with E-state index in [2.05, 4.69) is 5.32 Å². The molecule has 1 heterocycles. The molecule has 0 fully saturated rings. The summed E-state index contributed by atoms with van der Waals surface area (Å²) in [6.07, 6.45) is 0. The van der Waals surface area contributed by atoms with Gasteiger partial charge in [0, 0.05) is 24.4 Å². The Labute approximate surface area is 126 Å². The highest BCUT2D eigenvalue weighted by molar-refractivity contribution is 6.22. The fourth-order valence-corrected chi connectivity index (χ4v) is 2.29. The van der Waals surface area contributed by atoms with E-state index in [0.29, 0.717) is 11.3 Å². The van der Waals surface area contributed by atoms with E-state index in [0.717, 1.165) is 4.90 Å².